The summed E-state index contributed by atoms with van der Waals surface area (Å²) in [7, 11) is 1.43. The second-order valence-electron chi connectivity index (χ2n) is 4.46. The van der Waals surface area contributed by atoms with Crippen LogP contribution in [0.1, 0.15) is 19.4 Å². The van der Waals surface area contributed by atoms with Crippen LogP contribution in [0.2, 0.25) is 0 Å². The van der Waals surface area contributed by atoms with Gasteiger partial charge < -0.3 is 15.0 Å². The summed E-state index contributed by atoms with van der Waals surface area (Å²) < 4.78 is 4.85. The number of carbonyl (C=O) groups is 1. The highest BCUT2D eigenvalue weighted by Crippen LogP contribution is 2.19. The van der Waals surface area contributed by atoms with E-state index in [9.17, 15) is 4.79 Å². The van der Waals surface area contributed by atoms with Crippen molar-refractivity contribution >= 4 is 11.7 Å². The predicted octanol–water partition coefficient (Wildman–Crippen LogP) is 1.97. The Balaban J connectivity index is 2.85. The fraction of sp³-hybridized carbons (Fsp3) is 0.533. The van der Waals surface area contributed by atoms with E-state index in [0.29, 0.717) is 6.54 Å². The van der Waals surface area contributed by atoms with Crippen LogP contribution in [0.5, 0.6) is 0 Å². The molecule has 0 fully saturated rings. The molecule has 0 radical (unpaired) electrons. The topological polar surface area (TPSA) is 41.6 Å². The van der Waals surface area contributed by atoms with Crippen molar-refractivity contribution in [3.05, 3.63) is 29.8 Å². The number of carbonyl (C=O) groups excluding carboxylic acids is 1. The lowest BCUT2D eigenvalue weighted by molar-refractivity contribution is -0.142. The second-order valence-corrected chi connectivity index (χ2v) is 4.46. The standard InChI is InChI=1S/C15H24N2O2/c1-5-16-13(15(18)19-4)11-17(6-2)14-10-8-7-9-12(14)3/h7-10,13,16H,5-6,11H2,1-4H3. The molecule has 19 heavy (non-hydrogen) atoms. The number of ether oxygens (including phenoxy) is 1. The van der Waals surface area contributed by atoms with Gasteiger partial charge in [-0.3, -0.25) is 4.79 Å². The molecular formula is C15H24N2O2. The molecule has 1 N–H and O–H groups in total. The maximum Gasteiger partial charge on any atom is 0.324 e. The van der Waals surface area contributed by atoms with E-state index in [2.05, 4.69) is 36.2 Å². The normalized spacial score (nSPS) is 12.0. The number of nitrogens with one attached hydrogen (secondary N) is 1. The number of nitrogens with zero attached hydrogens (tertiary/aromatic N) is 1. The molecule has 0 saturated heterocycles. The van der Waals surface area contributed by atoms with Gasteiger partial charge in [0.25, 0.3) is 0 Å². The molecule has 1 rings (SSSR count). The van der Waals surface area contributed by atoms with Crippen molar-refractivity contribution in [3.8, 4) is 0 Å². The molecule has 0 aliphatic carbocycles. The van der Waals surface area contributed by atoms with Gasteiger partial charge >= 0.3 is 5.97 Å². The summed E-state index contributed by atoms with van der Waals surface area (Å²) in [4.78, 5) is 14.0. The molecule has 0 aliphatic rings. The highest BCUT2D eigenvalue weighted by molar-refractivity contribution is 5.76. The van der Waals surface area contributed by atoms with Gasteiger partial charge in [0.15, 0.2) is 0 Å². The predicted molar refractivity (Wildman–Crippen MR) is 78.5 cm³/mol. The zero-order chi connectivity index (χ0) is 14.3. The van der Waals surface area contributed by atoms with Crippen molar-refractivity contribution in [1.29, 1.82) is 0 Å². The van der Waals surface area contributed by atoms with Crippen LogP contribution in [-0.2, 0) is 9.53 Å². The van der Waals surface area contributed by atoms with Crippen LogP contribution in [0, 0.1) is 6.92 Å². The Labute approximate surface area is 115 Å². The van der Waals surface area contributed by atoms with Crippen LogP contribution in [0.3, 0.4) is 0 Å². The number of benzene rings is 1. The lowest BCUT2D eigenvalue weighted by Gasteiger charge is -2.28. The molecule has 106 valence electrons. The Morgan fingerprint density at radius 3 is 2.58 bits per heavy atom. The van der Waals surface area contributed by atoms with E-state index in [1.807, 2.05) is 19.1 Å². The summed E-state index contributed by atoms with van der Waals surface area (Å²) in [5, 5.41) is 3.17. The molecule has 1 aromatic carbocycles. The quantitative estimate of drug-likeness (QED) is 0.765. The second kappa shape index (κ2) is 7.79. The minimum atomic E-state index is -0.297. The van der Waals surface area contributed by atoms with E-state index < -0.39 is 0 Å². The van der Waals surface area contributed by atoms with Crippen molar-refractivity contribution in [2.75, 3.05) is 31.6 Å². The van der Waals surface area contributed by atoms with E-state index >= 15 is 0 Å². The lowest BCUT2D eigenvalue weighted by atomic mass is 10.1. The maximum absolute atomic E-state index is 11.8. The Morgan fingerprint density at radius 2 is 2.05 bits per heavy atom. The minimum Gasteiger partial charge on any atom is -0.468 e. The summed E-state index contributed by atoms with van der Waals surface area (Å²) in [6, 6.07) is 7.91. The number of esters is 1. The highest BCUT2D eigenvalue weighted by Gasteiger charge is 2.21. The van der Waals surface area contributed by atoms with Crippen LogP contribution < -0.4 is 10.2 Å². The molecule has 0 spiro atoms. The summed E-state index contributed by atoms with van der Waals surface area (Å²) in [5.41, 5.74) is 2.38. The third-order valence-electron chi connectivity index (χ3n) is 3.18. The number of aryl methyl sites for hydroxylation is 1. The van der Waals surface area contributed by atoms with Gasteiger partial charge in [0.2, 0.25) is 0 Å². The maximum atomic E-state index is 11.8. The molecular weight excluding hydrogens is 240 g/mol. The first-order valence-corrected chi connectivity index (χ1v) is 6.75. The van der Waals surface area contributed by atoms with E-state index in [1.54, 1.807) is 0 Å². The first-order valence-electron chi connectivity index (χ1n) is 6.75. The SMILES string of the molecule is CCNC(CN(CC)c1ccccc1C)C(=O)OC. The third kappa shape index (κ3) is 4.24. The number of rotatable bonds is 7. The van der Waals surface area contributed by atoms with E-state index in [4.69, 9.17) is 4.74 Å². The molecule has 1 atom stereocenters. The van der Waals surface area contributed by atoms with Gasteiger partial charge in [-0.15, -0.1) is 0 Å². The van der Waals surface area contributed by atoms with Gasteiger partial charge in [-0.1, -0.05) is 25.1 Å². The average Bonchev–Trinajstić information content (AvgIpc) is 2.43. The molecule has 0 bridgehead atoms. The zero-order valence-corrected chi connectivity index (χ0v) is 12.3. The molecule has 4 heteroatoms. The summed E-state index contributed by atoms with van der Waals surface area (Å²) in [6.07, 6.45) is 0. The summed E-state index contributed by atoms with van der Waals surface area (Å²) in [5.74, 6) is -0.214. The zero-order valence-electron chi connectivity index (χ0n) is 12.3. The molecule has 0 heterocycles. The van der Waals surface area contributed by atoms with Crippen LogP contribution in [0.25, 0.3) is 0 Å². The van der Waals surface area contributed by atoms with E-state index in [0.717, 1.165) is 18.8 Å². The smallest absolute Gasteiger partial charge is 0.324 e. The van der Waals surface area contributed by atoms with Crippen molar-refractivity contribution in [2.45, 2.75) is 26.8 Å². The van der Waals surface area contributed by atoms with Crippen molar-refractivity contribution in [1.82, 2.24) is 5.32 Å². The van der Waals surface area contributed by atoms with Crippen LogP contribution >= 0.6 is 0 Å². The number of anilines is 1. The van der Waals surface area contributed by atoms with Gasteiger partial charge in [0, 0.05) is 18.8 Å². The molecule has 1 aromatic rings. The minimum absolute atomic E-state index is 0.214. The molecule has 0 aromatic heterocycles. The van der Waals surface area contributed by atoms with Gasteiger partial charge in [-0.25, -0.2) is 0 Å². The number of likely N-dealkylation sites (N-methyl/N-ethyl adjacent to an activating group) is 2. The van der Waals surface area contributed by atoms with Crippen molar-refractivity contribution < 1.29 is 9.53 Å². The first-order chi connectivity index (χ1) is 9.13. The van der Waals surface area contributed by atoms with Crippen LogP contribution in [0.4, 0.5) is 5.69 Å². The van der Waals surface area contributed by atoms with Gasteiger partial charge in [-0.05, 0) is 32.0 Å². The third-order valence-corrected chi connectivity index (χ3v) is 3.18. The highest BCUT2D eigenvalue weighted by atomic mass is 16.5. The molecule has 0 amide bonds. The monoisotopic (exact) mass is 264 g/mol. The average molecular weight is 264 g/mol. The number of hydrogen-bond acceptors (Lipinski definition) is 4. The Bertz CT molecular complexity index is 407. The molecule has 0 saturated carbocycles. The number of hydrogen-bond donors (Lipinski definition) is 1. The van der Waals surface area contributed by atoms with Gasteiger partial charge in [0.05, 0.1) is 7.11 Å². The van der Waals surface area contributed by atoms with Gasteiger partial charge in [-0.2, -0.15) is 0 Å². The number of methoxy groups -OCH3 is 1. The summed E-state index contributed by atoms with van der Waals surface area (Å²) in [6.45, 7) is 8.36. The van der Waals surface area contributed by atoms with Crippen molar-refractivity contribution in [2.24, 2.45) is 0 Å². The van der Waals surface area contributed by atoms with E-state index in [-0.39, 0.29) is 12.0 Å². The van der Waals surface area contributed by atoms with Crippen molar-refractivity contribution in [3.63, 3.8) is 0 Å². The number of para-hydroxylation sites is 1. The first kappa shape index (κ1) is 15.5. The fourth-order valence-corrected chi connectivity index (χ4v) is 2.15. The van der Waals surface area contributed by atoms with E-state index in [1.165, 1.54) is 12.7 Å². The Hall–Kier alpha value is -1.55. The Kier molecular flexibility index (Phi) is 6.36. The van der Waals surface area contributed by atoms with Gasteiger partial charge in [0.1, 0.15) is 6.04 Å². The fourth-order valence-electron chi connectivity index (χ4n) is 2.15. The molecule has 1 unspecified atom stereocenters. The van der Waals surface area contributed by atoms with Crippen LogP contribution in [-0.4, -0.2) is 38.8 Å². The lowest BCUT2D eigenvalue weighted by Crippen LogP contribution is -2.47. The Morgan fingerprint density at radius 1 is 1.37 bits per heavy atom. The van der Waals surface area contributed by atoms with Crippen LogP contribution in [0.15, 0.2) is 24.3 Å². The largest absolute Gasteiger partial charge is 0.468 e. The molecule has 4 nitrogen and oxygen atoms in total. The molecule has 0 aliphatic heterocycles. The summed E-state index contributed by atoms with van der Waals surface area (Å²) >= 11 is 0.